The van der Waals surface area contributed by atoms with Gasteiger partial charge < -0.3 is 10.2 Å². The number of rotatable bonds is 6. The van der Waals surface area contributed by atoms with E-state index in [0.29, 0.717) is 6.42 Å². The molecule has 0 saturated carbocycles. The molecule has 0 spiro atoms. The third-order valence-electron chi connectivity index (χ3n) is 3.58. The second-order valence-corrected chi connectivity index (χ2v) is 4.73. The fourth-order valence-electron chi connectivity index (χ4n) is 2.60. The first-order valence-corrected chi connectivity index (χ1v) is 6.68. The van der Waals surface area contributed by atoms with Crippen molar-refractivity contribution in [2.75, 3.05) is 13.2 Å². The SMILES string of the molecule is OCC[C@@H](c1ccccc1)[C@@H](CO)c1ccccc1. The minimum Gasteiger partial charge on any atom is -0.396 e. The smallest absolute Gasteiger partial charge is 0.0505 e. The predicted octanol–water partition coefficient (Wildman–Crippen LogP) is 2.93. The Labute approximate surface area is 114 Å². The van der Waals surface area contributed by atoms with Crippen LogP contribution in [0, 0.1) is 0 Å². The zero-order valence-corrected chi connectivity index (χ0v) is 10.9. The largest absolute Gasteiger partial charge is 0.396 e. The van der Waals surface area contributed by atoms with Crippen LogP contribution >= 0.6 is 0 Å². The maximum Gasteiger partial charge on any atom is 0.0505 e. The Kier molecular flexibility index (Phi) is 5.13. The molecule has 0 fully saturated rings. The number of hydrogen-bond donors (Lipinski definition) is 2. The van der Waals surface area contributed by atoms with Crippen molar-refractivity contribution in [2.45, 2.75) is 18.3 Å². The number of benzene rings is 2. The first kappa shape index (κ1) is 13.8. The second kappa shape index (κ2) is 7.07. The Balaban J connectivity index is 2.31. The van der Waals surface area contributed by atoms with Crippen LogP contribution in [0.5, 0.6) is 0 Å². The number of aliphatic hydroxyl groups excluding tert-OH is 2. The number of hydrogen-bond acceptors (Lipinski definition) is 2. The van der Waals surface area contributed by atoms with Crippen molar-refractivity contribution < 1.29 is 10.2 Å². The van der Waals surface area contributed by atoms with Crippen LogP contribution in [0.4, 0.5) is 0 Å². The van der Waals surface area contributed by atoms with Crippen LogP contribution < -0.4 is 0 Å². The molecule has 0 aliphatic carbocycles. The maximum atomic E-state index is 9.76. The van der Waals surface area contributed by atoms with Gasteiger partial charge in [0.2, 0.25) is 0 Å². The molecule has 0 saturated heterocycles. The molecule has 0 bridgehead atoms. The van der Waals surface area contributed by atoms with Gasteiger partial charge in [0.15, 0.2) is 0 Å². The second-order valence-electron chi connectivity index (χ2n) is 4.73. The summed E-state index contributed by atoms with van der Waals surface area (Å²) in [6.07, 6.45) is 0.657. The molecule has 2 aromatic carbocycles. The minimum absolute atomic E-state index is 0.0238. The van der Waals surface area contributed by atoms with Gasteiger partial charge in [-0.15, -0.1) is 0 Å². The molecule has 19 heavy (non-hydrogen) atoms. The van der Waals surface area contributed by atoms with Crippen molar-refractivity contribution in [2.24, 2.45) is 0 Å². The van der Waals surface area contributed by atoms with Crippen molar-refractivity contribution >= 4 is 0 Å². The number of aliphatic hydroxyl groups is 2. The molecule has 2 atom stereocenters. The van der Waals surface area contributed by atoms with Crippen LogP contribution in [0.3, 0.4) is 0 Å². The summed E-state index contributed by atoms with van der Waals surface area (Å²) in [6.45, 7) is 0.215. The fraction of sp³-hybridized carbons (Fsp3) is 0.294. The van der Waals surface area contributed by atoms with E-state index in [4.69, 9.17) is 0 Å². The van der Waals surface area contributed by atoms with Crippen LogP contribution in [-0.2, 0) is 0 Å². The lowest BCUT2D eigenvalue weighted by Gasteiger charge is -2.26. The van der Waals surface area contributed by atoms with Crippen molar-refractivity contribution in [3.63, 3.8) is 0 Å². The highest BCUT2D eigenvalue weighted by Crippen LogP contribution is 2.35. The van der Waals surface area contributed by atoms with E-state index in [2.05, 4.69) is 12.1 Å². The summed E-state index contributed by atoms with van der Waals surface area (Å²) in [5.41, 5.74) is 2.28. The van der Waals surface area contributed by atoms with Gasteiger partial charge in [-0.2, -0.15) is 0 Å². The fourth-order valence-corrected chi connectivity index (χ4v) is 2.60. The Bertz CT molecular complexity index is 467. The molecule has 2 nitrogen and oxygen atoms in total. The first-order valence-electron chi connectivity index (χ1n) is 6.68. The van der Waals surface area contributed by atoms with Crippen molar-refractivity contribution in [3.8, 4) is 0 Å². The van der Waals surface area contributed by atoms with E-state index in [9.17, 15) is 10.2 Å². The van der Waals surface area contributed by atoms with Gasteiger partial charge in [-0.1, -0.05) is 60.7 Å². The Morgan fingerprint density at radius 1 is 0.684 bits per heavy atom. The molecule has 2 rings (SSSR count). The van der Waals surface area contributed by atoms with Gasteiger partial charge in [0.25, 0.3) is 0 Å². The molecule has 0 radical (unpaired) electrons. The summed E-state index contributed by atoms with van der Waals surface area (Å²) in [4.78, 5) is 0. The molecule has 0 amide bonds. The third kappa shape index (κ3) is 3.43. The highest BCUT2D eigenvalue weighted by atomic mass is 16.3. The third-order valence-corrected chi connectivity index (χ3v) is 3.58. The lowest BCUT2D eigenvalue weighted by Crippen LogP contribution is -2.16. The average Bonchev–Trinajstić information content (AvgIpc) is 2.49. The highest BCUT2D eigenvalue weighted by Gasteiger charge is 2.23. The standard InChI is InChI=1S/C17H20O2/c18-12-11-16(14-7-3-1-4-8-14)17(13-19)15-9-5-2-6-10-15/h1-10,16-19H,11-13H2/t16-,17-/m0/s1. The van der Waals surface area contributed by atoms with Crippen LogP contribution in [0.15, 0.2) is 60.7 Å². The lowest BCUT2D eigenvalue weighted by molar-refractivity contribution is 0.219. The van der Waals surface area contributed by atoms with E-state index in [1.807, 2.05) is 48.5 Å². The molecule has 0 aliphatic heterocycles. The van der Waals surface area contributed by atoms with E-state index < -0.39 is 0 Å². The van der Waals surface area contributed by atoms with Crippen molar-refractivity contribution in [3.05, 3.63) is 71.8 Å². The Morgan fingerprint density at radius 2 is 1.16 bits per heavy atom. The molecule has 0 aromatic heterocycles. The topological polar surface area (TPSA) is 40.5 Å². The molecule has 2 heteroatoms. The Morgan fingerprint density at radius 3 is 1.58 bits per heavy atom. The van der Waals surface area contributed by atoms with Crippen LogP contribution in [0.25, 0.3) is 0 Å². The van der Waals surface area contributed by atoms with Crippen molar-refractivity contribution in [1.82, 2.24) is 0 Å². The van der Waals surface area contributed by atoms with E-state index in [1.165, 1.54) is 5.56 Å². The summed E-state index contributed by atoms with van der Waals surface area (Å²) in [7, 11) is 0. The summed E-state index contributed by atoms with van der Waals surface area (Å²) in [5.74, 6) is 0.161. The van der Waals surface area contributed by atoms with E-state index in [-0.39, 0.29) is 25.0 Å². The van der Waals surface area contributed by atoms with E-state index in [1.54, 1.807) is 0 Å². The first-order chi connectivity index (χ1) is 9.36. The van der Waals surface area contributed by atoms with Crippen LogP contribution in [0.2, 0.25) is 0 Å². The highest BCUT2D eigenvalue weighted by molar-refractivity contribution is 5.28. The summed E-state index contributed by atoms with van der Waals surface area (Å²) in [5, 5.41) is 19.1. The minimum atomic E-state index is 0.0238. The summed E-state index contributed by atoms with van der Waals surface area (Å²) < 4.78 is 0. The van der Waals surface area contributed by atoms with E-state index >= 15 is 0 Å². The molecular formula is C17H20O2. The maximum absolute atomic E-state index is 9.76. The van der Waals surface area contributed by atoms with Gasteiger partial charge in [0.1, 0.15) is 0 Å². The molecule has 2 aromatic rings. The van der Waals surface area contributed by atoms with Gasteiger partial charge in [0, 0.05) is 12.5 Å². The molecule has 100 valence electrons. The van der Waals surface area contributed by atoms with Gasteiger partial charge in [-0.3, -0.25) is 0 Å². The van der Waals surface area contributed by atoms with Gasteiger partial charge in [-0.05, 0) is 23.5 Å². The molecule has 0 aliphatic rings. The quantitative estimate of drug-likeness (QED) is 0.834. The van der Waals surface area contributed by atoms with Gasteiger partial charge >= 0.3 is 0 Å². The van der Waals surface area contributed by atoms with E-state index in [0.717, 1.165) is 5.56 Å². The normalized spacial score (nSPS) is 14.0. The lowest BCUT2D eigenvalue weighted by atomic mass is 9.80. The molecule has 0 heterocycles. The molecular weight excluding hydrogens is 236 g/mol. The van der Waals surface area contributed by atoms with Crippen LogP contribution in [0.1, 0.15) is 29.4 Å². The zero-order chi connectivity index (χ0) is 13.5. The van der Waals surface area contributed by atoms with Gasteiger partial charge in [-0.25, -0.2) is 0 Å². The summed E-state index contributed by atoms with van der Waals surface area (Å²) in [6, 6.07) is 20.1. The van der Waals surface area contributed by atoms with Crippen molar-refractivity contribution in [1.29, 1.82) is 0 Å². The monoisotopic (exact) mass is 256 g/mol. The molecule has 2 N–H and O–H groups in total. The van der Waals surface area contributed by atoms with Crippen LogP contribution in [-0.4, -0.2) is 23.4 Å². The summed E-state index contributed by atoms with van der Waals surface area (Å²) >= 11 is 0. The average molecular weight is 256 g/mol. The van der Waals surface area contributed by atoms with Gasteiger partial charge in [0.05, 0.1) is 6.61 Å². The predicted molar refractivity (Wildman–Crippen MR) is 77.2 cm³/mol. The Hall–Kier alpha value is -1.64. The molecule has 0 unspecified atom stereocenters. The zero-order valence-electron chi connectivity index (χ0n) is 10.9.